The van der Waals surface area contributed by atoms with E-state index in [1.165, 1.54) is 0 Å². The Morgan fingerprint density at radius 1 is 1.20 bits per heavy atom. The molecule has 0 aliphatic heterocycles. The van der Waals surface area contributed by atoms with Crippen LogP contribution in [0.15, 0.2) is 42.6 Å². The van der Waals surface area contributed by atoms with Crippen molar-refractivity contribution in [3.8, 4) is 0 Å². The van der Waals surface area contributed by atoms with Crippen LogP contribution in [-0.4, -0.2) is 10.9 Å². The van der Waals surface area contributed by atoms with E-state index in [0.29, 0.717) is 19.5 Å². The summed E-state index contributed by atoms with van der Waals surface area (Å²) in [5.74, 6) is -0.0176. The third kappa shape index (κ3) is 3.65. The summed E-state index contributed by atoms with van der Waals surface area (Å²) in [5, 5.41) is 2.90. The molecule has 0 spiro atoms. The van der Waals surface area contributed by atoms with Crippen molar-refractivity contribution in [2.75, 3.05) is 0 Å². The van der Waals surface area contributed by atoms with E-state index in [9.17, 15) is 4.79 Å². The lowest BCUT2D eigenvalue weighted by Gasteiger charge is -2.09. The molecule has 1 amide bonds. The Kier molecular flexibility index (Phi) is 4.85. The molecule has 1 heterocycles. The highest BCUT2D eigenvalue weighted by Gasteiger charge is 2.07. The van der Waals surface area contributed by atoms with Crippen LogP contribution in [0.5, 0.6) is 0 Å². The van der Waals surface area contributed by atoms with Gasteiger partial charge in [-0.15, -0.1) is 0 Å². The quantitative estimate of drug-likeness (QED) is 0.868. The molecule has 0 unspecified atom stereocenters. The van der Waals surface area contributed by atoms with Crippen LogP contribution in [-0.2, 0) is 24.3 Å². The number of nitrogens with one attached hydrogen (secondary N) is 1. The number of nitrogens with two attached hydrogens (primary N) is 1. The van der Waals surface area contributed by atoms with Crippen molar-refractivity contribution in [1.29, 1.82) is 0 Å². The van der Waals surface area contributed by atoms with E-state index in [2.05, 4.69) is 10.3 Å². The third-order valence-electron chi connectivity index (χ3n) is 3.26. The number of aryl methyl sites for hydroxylation is 1. The highest BCUT2D eigenvalue weighted by molar-refractivity contribution is 5.78. The van der Waals surface area contributed by atoms with Crippen LogP contribution < -0.4 is 11.1 Å². The van der Waals surface area contributed by atoms with Crippen molar-refractivity contribution in [2.24, 2.45) is 5.73 Å². The number of hydrogen-bond acceptors (Lipinski definition) is 3. The fourth-order valence-electron chi connectivity index (χ4n) is 2.05. The lowest BCUT2D eigenvalue weighted by molar-refractivity contribution is -0.120. The van der Waals surface area contributed by atoms with Gasteiger partial charge < -0.3 is 11.1 Å². The second-order valence-electron chi connectivity index (χ2n) is 4.69. The summed E-state index contributed by atoms with van der Waals surface area (Å²) in [5.41, 5.74) is 9.63. The molecule has 0 saturated heterocycles. The molecular weight excluding hydrogens is 250 g/mol. The molecular formula is C16H19N3O. The summed E-state index contributed by atoms with van der Waals surface area (Å²) < 4.78 is 0. The second-order valence-corrected chi connectivity index (χ2v) is 4.69. The van der Waals surface area contributed by atoms with Gasteiger partial charge in [0.25, 0.3) is 0 Å². The number of pyridine rings is 1. The first-order valence-corrected chi connectivity index (χ1v) is 6.64. The normalized spacial score (nSPS) is 10.3. The van der Waals surface area contributed by atoms with E-state index in [4.69, 9.17) is 5.73 Å². The number of hydrogen-bond donors (Lipinski definition) is 2. The molecule has 2 rings (SSSR count). The maximum atomic E-state index is 12.0. The van der Waals surface area contributed by atoms with E-state index in [1.807, 2.05) is 43.3 Å². The topological polar surface area (TPSA) is 68.0 Å². The predicted molar refractivity (Wildman–Crippen MR) is 78.9 cm³/mol. The van der Waals surface area contributed by atoms with E-state index >= 15 is 0 Å². The number of nitrogens with zero attached hydrogens (tertiary/aromatic N) is 1. The second kappa shape index (κ2) is 6.82. The Labute approximate surface area is 119 Å². The first-order chi connectivity index (χ1) is 9.70. The van der Waals surface area contributed by atoms with E-state index < -0.39 is 0 Å². The standard InChI is InChI=1S/C16H19N3O/c1-12-5-4-8-18-15(12)11-19-16(20)9-13-6-2-3-7-14(13)10-17/h2-8H,9-11,17H2,1H3,(H,19,20). The van der Waals surface area contributed by atoms with Crippen LogP contribution in [0.3, 0.4) is 0 Å². The summed E-state index contributed by atoms with van der Waals surface area (Å²) in [6.07, 6.45) is 2.08. The largest absolute Gasteiger partial charge is 0.350 e. The van der Waals surface area contributed by atoms with Crippen molar-refractivity contribution in [2.45, 2.75) is 26.4 Å². The highest BCUT2D eigenvalue weighted by Crippen LogP contribution is 2.09. The highest BCUT2D eigenvalue weighted by atomic mass is 16.1. The SMILES string of the molecule is Cc1cccnc1CNC(=O)Cc1ccccc1CN. The average Bonchev–Trinajstić information content (AvgIpc) is 2.47. The van der Waals surface area contributed by atoms with Gasteiger partial charge >= 0.3 is 0 Å². The smallest absolute Gasteiger partial charge is 0.224 e. The molecule has 1 aromatic carbocycles. The van der Waals surface area contributed by atoms with Crippen molar-refractivity contribution in [1.82, 2.24) is 10.3 Å². The summed E-state index contributed by atoms with van der Waals surface area (Å²) >= 11 is 0. The first-order valence-electron chi connectivity index (χ1n) is 6.64. The first kappa shape index (κ1) is 14.2. The predicted octanol–water partition coefficient (Wildman–Crippen LogP) is 1.71. The van der Waals surface area contributed by atoms with Gasteiger partial charge in [-0.2, -0.15) is 0 Å². The molecule has 4 nitrogen and oxygen atoms in total. The molecule has 0 fully saturated rings. The lowest BCUT2D eigenvalue weighted by atomic mass is 10.0. The molecule has 4 heteroatoms. The van der Waals surface area contributed by atoms with E-state index in [0.717, 1.165) is 22.4 Å². The Morgan fingerprint density at radius 2 is 1.95 bits per heavy atom. The molecule has 3 N–H and O–H groups in total. The minimum absolute atomic E-state index is 0.0176. The minimum Gasteiger partial charge on any atom is -0.350 e. The number of amides is 1. The zero-order chi connectivity index (χ0) is 14.4. The van der Waals surface area contributed by atoms with Crippen LogP contribution in [0, 0.1) is 6.92 Å². The van der Waals surface area contributed by atoms with Crippen LogP contribution in [0.4, 0.5) is 0 Å². The third-order valence-corrected chi connectivity index (χ3v) is 3.26. The molecule has 104 valence electrons. The van der Waals surface area contributed by atoms with Crippen molar-refractivity contribution in [3.05, 3.63) is 65.0 Å². The van der Waals surface area contributed by atoms with Crippen molar-refractivity contribution in [3.63, 3.8) is 0 Å². The molecule has 0 saturated carbocycles. The minimum atomic E-state index is -0.0176. The number of carbonyl (C=O) groups is 1. The molecule has 20 heavy (non-hydrogen) atoms. The summed E-state index contributed by atoms with van der Waals surface area (Å²) in [7, 11) is 0. The summed E-state index contributed by atoms with van der Waals surface area (Å²) in [6, 6.07) is 11.6. The van der Waals surface area contributed by atoms with Gasteiger partial charge in [0.1, 0.15) is 0 Å². The van der Waals surface area contributed by atoms with Gasteiger partial charge in [-0.25, -0.2) is 0 Å². The molecule has 0 aliphatic rings. The number of carbonyl (C=O) groups excluding carboxylic acids is 1. The van der Waals surface area contributed by atoms with E-state index in [1.54, 1.807) is 6.20 Å². The van der Waals surface area contributed by atoms with Gasteiger partial charge in [-0.3, -0.25) is 9.78 Å². The van der Waals surface area contributed by atoms with Crippen LogP contribution >= 0.6 is 0 Å². The summed E-state index contributed by atoms with van der Waals surface area (Å²) in [6.45, 7) is 2.89. The monoisotopic (exact) mass is 269 g/mol. The van der Waals surface area contributed by atoms with Gasteiger partial charge in [-0.05, 0) is 29.7 Å². The number of rotatable bonds is 5. The maximum absolute atomic E-state index is 12.0. The fraction of sp³-hybridized carbons (Fsp3) is 0.250. The Balaban J connectivity index is 1.95. The lowest BCUT2D eigenvalue weighted by Crippen LogP contribution is -2.26. The van der Waals surface area contributed by atoms with Crippen LogP contribution in [0.1, 0.15) is 22.4 Å². The van der Waals surface area contributed by atoms with Crippen LogP contribution in [0.2, 0.25) is 0 Å². The fourth-order valence-corrected chi connectivity index (χ4v) is 2.05. The van der Waals surface area contributed by atoms with E-state index in [-0.39, 0.29) is 5.91 Å². The Bertz CT molecular complexity index is 596. The molecule has 1 aromatic heterocycles. The van der Waals surface area contributed by atoms with Gasteiger partial charge in [-0.1, -0.05) is 30.3 Å². The van der Waals surface area contributed by atoms with Crippen molar-refractivity contribution < 1.29 is 4.79 Å². The average molecular weight is 269 g/mol. The molecule has 2 aromatic rings. The van der Waals surface area contributed by atoms with Gasteiger partial charge in [0, 0.05) is 12.7 Å². The van der Waals surface area contributed by atoms with Crippen LogP contribution in [0.25, 0.3) is 0 Å². The Morgan fingerprint density at radius 3 is 2.65 bits per heavy atom. The van der Waals surface area contributed by atoms with Gasteiger partial charge in [0.05, 0.1) is 18.7 Å². The molecule has 0 atom stereocenters. The zero-order valence-corrected chi connectivity index (χ0v) is 11.6. The zero-order valence-electron chi connectivity index (χ0n) is 11.6. The number of benzene rings is 1. The maximum Gasteiger partial charge on any atom is 0.224 e. The molecule has 0 bridgehead atoms. The number of aromatic nitrogens is 1. The van der Waals surface area contributed by atoms with Gasteiger partial charge in [0.2, 0.25) is 5.91 Å². The van der Waals surface area contributed by atoms with Crippen molar-refractivity contribution >= 4 is 5.91 Å². The molecule has 0 aliphatic carbocycles. The Hall–Kier alpha value is -2.20. The molecule has 0 radical (unpaired) electrons. The van der Waals surface area contributed by atoms with Gasteiger partial charge in [0.15, 0.2) is 0 Å². The summed E-state index contributed by atoms with van der Waals surface area (Å²) in [4.78, 5) is 16.2.